The van der Waals surface area contributed by atoms with Crippen molar-refractivity contribution in [3.8, 4) is 0 Å². The lowest BCUT2D eigenvalue weighted by Crippen LogP contribution is -2.53. The fourth-order valence-corrected chi connectivity index (χ4v) is 4.24. The zero-order chi connectivity index (χ0) is 16.6. The Morgan fingerprint density at radius 3 is 2.77 bits per heavy atom. The van der Waals surface area contributed by atoms with E-state index in [4.69, 9.17) is 5.73 Å². The first-order valence-electron chi connectivity index (χ1n) is 8.13. The van der Waals surface area contributed by atoms with Gasteiger partial charge in [-0.2, -0.15) is 17.0 Å². The highest BCUT2D eigenvalue weighted by Gasteiger charge is 2.34. The lowest BCUT2D eigenvalue weighted by molar-refractivity contribution is -0.121. The number of nitrogens with one attached hydrogen (secondary N) is 1. The van der Waals surface area contributed by atoms with Crippen molar-refractivity contribution < 1.29 is 13.2 Å². The normalized spacial score (nSPS) is 20.3. The first kappa shape index (κ1) is 19.3. The van der Waals surface area contributed by atoms with Crippen LogP contribution in [0.25, 0.3) is 0 Å². The molecule has 1 rings (SSSR count). The van der Waals surface area contributed by atoms with E-state index in [1.165, 1.54) is 4.31 Å². The molecular formula is C14H30N4O3S. The minimum atomic E-state index is -3.45. The van der Waals surface area contributed by atoms with Crippen LogP contribution in [-0.4, -0.2) is 62.2 Å². The molecule has 0 radical (unpaired) electrons. The lowest BCUT2D eigenvalue weighted by atomic mass is 10.1. The van der Waals surface area contributed by atoms with E-state index in [1.807, 2.05) is 6.92 Å². The molecule has 1 atom stereocenters. The molecule has 0 aromatic rings. The summed E-state index contributed by atoms with van der Waals surface area (Å²) in [7, 11) is -1.82. The van der Waals surface area contributed by atoms with Crippen molar-refractivity contribution in [2.45, 2.75) is 51.5 Å². The average molecular weight is 334 g/mol. The number of amides is 1. The van der Waals surface area contributed by atoms with Crippen molar-refractivity contribution in [3.05, 3.63) is 0 Å². The summed E-state index contributed by atoms with van der Waals surface area (Å²) >= 11 is 0. The van der Waals surface area contributed by atoms with E-state index in [0.29, 0.717) is 26.2 Å². The Labute approximate surface area is 134 Å². The molecule has 7 nitrogen and oxygen atoms in total. The van der Waals surface area contributed by atoms with Crippen LogP contribution >= 0.6 is 0 Å². The van der Waals surface area contributed by atoms with Gasteiger partial charge >= 0.3 is 0 Å². The Balaban J connectivity index is 2.69. The van der Waals surface area contributed by atoms with Crippen molar-refractivity contribution in [1.29, 1.82) is 0 Å². The van der Waals surface area contributed by atoms with E-state index >= 15 is 0 Å². The van der Waals surface area contributed by atoms with E-state index in [-0.39, 0.29) is 18.4 Å². The second-order valence-electron chi connectivity index (χ2n) is 5.79. The average Bonchev–Trinajstić information content (AvgIpc) is 2.51. The van der Waals surface area contributed by atoms with Crippen LogP contribution in [0.15, 0.2) is 0 Å². The standard InChI is InChI=1S/C14H30N4O3S/c1-3-4-10-17(2)22(20,21)18-11-6-5-7-13(18)12-16-14(19)8-9-15/h13H,3-12,15H2,1-2H3,(H,16,19). The summed E-state index contributed by atoms with van der Waals surface area (Å²) in [5, 5.41) is 2.79. The van der Waals surface area contributed by atoms with Crippen LogP contribution in [0.3, 0.4) is 0 Å². The van der Waals surface area contributed by atoms with Crippen LogP contribution in [0.2, 0.25) is 0 Å². The number of piperidine rings is 1. The maximum absolute atomic E-state index is 12.7. The maximum atomic E-state index is 12.7. The highest BCUT2D eigenvalue weighted by atomic mass is 32.2. The molecule has 0 bridgehead atoms. The number of nitrogens with zero attached hydrogens (tertiary/aromatic N) is 2. The molecule has 3 N–H and O–H groups in total. The monoisotopic (exact) mass is 334 g/mol. The number of rotatable bonds is 9. The minimum absolute atomic E-state index is 0.121. The van der Waals surface area contributed by atoms with Gasteiger partial charge in [0.1, 0.15) is 0 Å². The molecule has 1 aliphatic heterocycles. The van der Waals surface area contributed by atoms with Crippen molar-refractivity contribution >= 4 is 16.1 Å². The number of hydrogen-bond donors (Lipinski definition) is 2. The molecule has 0 aliphatic carbocycles. The van der Waals surface area contributed by atoms with Gasteiger partial charge in [0.15, 0.2) is 0 Å². The summed E-state index contributed by atoms with van der Waals surface area (Å²) in [6, 6.07) is -0.162. The van der Waals surface area contributed by atoms with E-state index < -0.39 is 10.2 Å². The Bertz CT molecular complexity index is 441. The second kappa shape index (κ2) is 9.44. The molecule has 0 saturated carbocycles. The van der Waals surface area contributed by atoms with Crippen molar-refractivity contribution in [3.63, 3.8) is 0 Å². The first-order valence-corrected chi connectivity index (χ1v) is 9.53. The Kier molecular flexibility index (Phi) is 8.30. The van der Waals surface area contributed by atoms with Gasteiger partial charge in [0, 0.05) is 45.7 Å². The van der Waals surface area contributed by atoms with E-state index in [2.05, 4.69) is 5.32 Å². The summed E-state index contributed by atoms with van der Waals surface area (Å²) in [6.45, 7) is 3.76. The van der Waals surface area contributed by atoms with Crippen LogP contribution in [0.4, 0.5) is 0 Å². The summed E-state index contributed by atoms with van der Waals surface area (Å²) in [4.78, 5) is 11.5. The van der Waals surface area contributed by atoms with E-state index in [1.54, 1.807) is 11.4 Å². The van der Waals surface area contributed by atoms with Gasteiger partial charge < -0.3 is 11.1 Å². The SMILES string of the molecule is CCCCN(C)S(=O)(=O)N1CCCCC1CNC(=O)CCN. The fraction of sp³-hybridized carbons (Fsp3) is 0.929. The minimum Gasteiger partial charge on any atom is -0.354 e. The van der Waals surface area contributed by atoms with Gasteiger partial charge in [-0.15, -0.1) is 0 Å². The molecule has 1 amide bonds. The van der Waals surface area contributed by atoms with Gasteiger partial charge in [-0.25, -0.2) is 0 Å². The van der Waals surface area contributed by atoms with Gasteiger partial charge in [-0.1, -0.05) is 19.8 Å². The Morgan fingerprint density at radius 2 is 2.14 bits per heavy atom. The molecule has 1 unspecified atom stereocenters. The summed E-state index contributed by atoms with van der Waals surface area (Å²) < 4.78 is 28.4. The lowest BCUT2D eigenvalue weighted by Gasteiger charge is -2.37. The molecule has 130 valence electrons. The number of unbranched alkanes of at least 4 members (excludes halogenated alkanes) is 1. The number of hydrogen-bond acceptors (Lipinski definition) is 4. The van der Waals surface area contributed by atoms with Gasteiger partial charge in [-0.05, 0) is 19.3 Å². The third kappa shape index (κ3) is 5.49. The number of nitrogens with two attached hydrogens (primary N) is 1. The third-order valence-corrected chi connectivity index (χ3v) is 6.04. The van der Waals surface area contributed by atoms with Crippen LogP contribution < -0.4 is 11.1 Å². The molecule has 0 aromatic carbocycles. The second-order valence-corrected chi connectivity index (χ2v) is 7.77. The largest absolute Gasteiger partial charge is 0.354 e. The zero-order valence-corrected chi connectivity index (χ0v) is 14.6. The third-order valence-electron chi connectivity index (χ3n) is 4.00. The number of carbonyl (C=O) groups excluding carboxylic acids is 1. The number of carbonyl (C=O) groups is 1. The van der Waals surface area contributed by atoms with E-state index in [9.17, 15) is 13.2 Å². The highest BCUT2D eigenvalue weighted by molar-refractivity contribution is 7.86. The Morgan fingerprint density at radius 1 is 1.41 bits per heavy atom. The Hall–Kier alpha value is -0.700. The molecule has 0 aromatic heterocycles. The van der Waals surface area contributed by atoms with Gasteiger partial charge in [0.05, 0.1) is 0 Å². The smallest absolute Gasteiger partial charge is 0.282 e. The van der Waals surface area contributed by atoms with Gasteiger partial charge in [0.2, 0.25) is 5.91 Å². The molecule has 22 heavy (non-hydrogen) atoms. The van der Waals surface area contributed by atoms with Gasteiger partial charge in [-0.3, -0.25) is 4.79 Å². The van der Waals surface area contributed by atoms with Crippen molar-refractivity contribution in [2.75, 3.05) is 33.2 Å². The predicted octanol–water partition coefficient (Wildman–Crippen LogP) is 0.283. The molecule has 1 fully saturated rings. The summed E-state index contributed by atoms with van der Waals surface area (Å²) in [6.07, 6.45) is 4.72. The molecular weight excluding hydrogens is 304 g/mol. The van der Waals surface area contributed by atoms with Crippen molar-refractivity contribution in [2.24, 2.45) is 5.73 Å². The predicted molar refractivity (Wildman–Crippen MR) is 87.5 cm³/mol. The summed E-state index contributed by atoms with van der Waals surface area (Å²) in [5.74, 6) is -0.121. The highest BCUT2D eigenvalue weighted by Crippen LogP contribution is 2.22. The molecule has 1 aliphatic rings. The first-order chi connectivity index (χ1) is 10.4. The zero-order valence-electron chi connectivity index (χ0n) is 13.8. The molecule has 1 heterocycles. The van der Waals surface area contributed by atoms with Crippen LogP contribution in [0.5, 0.6) is 0 Å². The van der Waals surface area contributed by atoms with E-state index in [0.717, 1.165) is 32.1 Å². The van der Waals surface area contributed by atoms with Crippen molar-refractivity contribution in [1.82, 2.24) is 13.9 Å². The maximum Gasteiger partial charge on any atom is 0.282 e. The van der Waals surface area contributed by atoms with Crippen LogP contribution in [0, 0.1) is 0 Å². The van der Waals surface area contributed by atoms with Gasteiger partial charge in [0.25, 0.3) is 10.2 Å². The van der Waals surface area contributed by atoms with Crippen LogP contribution in [0.1, 0.15) is 45.4 Å². The fourth-order valence-electron chi connectivity index (χ4n) is 2.61. The van der Waals surface area contributed by atoms with Crippen LogP contribution in [-0.2, 0) is 15.0 Å². The summed E-state index contributed by atoms with van der Waals surface area (Å²) in [5.41, 5.74) is 5.35. The molecule has 0 spiro atoms. The molecule has 1 saturated heterocycles. The quantitative estimate of drug-likeness (QED) is 0.633. The molecule has 8 heteroatoms. The topological polar surface area (TPSA) is 95.7 Å².